The minimum absolute atomic E-state index is 0.330. The second-order valence-corrected chi connectivity index (χ2v) is 4.71. The van der Waals surface area contributed by atoms with Gasteiger partial charge in [0.2, 0.25) is 0 Å². The number of carbonyl (C=O) groups is 1. The van der Waals surface area contributed by atoms with Crippen LogP contribution < -0.4 is 4.90 Å². The lowest BCUT2D eigenvalue weighted by molar-refractivity contribution is 0.0697. The lowest BCUT2D eigenvalue weighted by Gasteiger charge is -2.20. The second kappa shape index (κ2) is 4.39. The van der Waals surface area contributed by atoms with Gasteiger partial charge in [-0.2, -0.15) is 0 Å². The van der Waals surface area contributed by atoms with Gasteiger partial charge < -0.3 is 10.0 Å². The van der Waals surface area contributed by atoms with Crippen LogP contribution in [0, 0.1) is 6.92 Å². The van der Waals surface area contributed by atoms with Crippen molar-refractivity contribution in [3.8, 4) is 0 Å². The Bertz CT molecular complexity index is 652. The lowest BCUT2D eigenvalue weighted by Crippen LogP contribution is -2.13. The van der Waals surface area contributed by atoms with Crippen molar-refractivity contribution in [3.05, 3.63) is 53.3 Å². The Morgan fingerprint density at radius 3 is 2.89 bits per heavy atom. The molecule has 0 saturated carbocycles. The Morgan fingerprint density at radius 1 is 1.32 bits per heavy atom. The van der Waals surface area contributed by atoms with E-state index in [4.69, 9.17) is 5.11 Å². The molecule has 0 bridgehead atoms. The van der Waals surface area contributed by atoms with Crippen molar-refractivity contribution in [2.75, 3.05) is 11.4 Å². The summed E-state index contributed by atoms with van der Waals surface area (Å²) in [4.78, 5) is 17.4. The van der Waals surface area contributed by atoms with Gasteiger partial charge in [0.25, 0.3) is 0 Å². The van der Waals surface area contributed by atoms with Gasteiger partial charge in [0.15, 0.2) is 0 Å². The highest BCUT2D eigenvalue weighted by atomic mass is 16.4. The zero-order valence-electron chi connectivity index (χ0n) is 10.6. The quantitative estimate of drug-likeness (QED) is 0.895. The van der Waals surface area contributed by atoms with Crippen LogP contribution in [0.4, 0.5) is 11.4 Å². The van der Waals surface area contributed by atoms with Crippen LogP contribution >= 0.6 is 0 Å². The first kappa shape index (κ1) is 11.7. The number of fused-ring (bicyclic) bond motifs is 1. The average molecular weight is 254 g/mol. The summed E-state index contributed by atoms with van der Waals surface area (Å²) < 4.78 is 0. The second-order valence-electron chi connectivity index (χ2n) is 4.71. The van der Waals surface area contributed by atoms with E-state index < -0.39 is 5.97 Å². The summed E-state index contributed by atoms with van der Waals surface area (Å²) in [5.41, 5.74) is 4.54. The number of anilines is 2. The molecule has 0 radical (unpaired) electrons. The molecular formula is C15H14N2O2. The number of hydrogen-bond donors (Lipinski definition) is 1. The molecule has 1 aliphatic heterocycles. The smallest absolute Gasteiger partial charge is 0.335 e. The third-order valence-corrected chi connectivity index (χ3v) is 3.42. The zero-order valence-corrected chi connectivity index (χ0v) is 10.6. The highest BCUT2D eigenvalue weighted by molar-refractivity contribution is 5.90. The molecule has 1 N–H and O–H groups in total. The highest BCUT2D eigenvalue weighted by Crippen LogP contribution is 2.35. The van der Waals surface area contributed by atoms with Crippen molar-refractivity contribution in [3.63, 3.8) is 0 Å². The maximum absolute atomic E-state index is 11.1. The van der Waals surface area contributed by atoms with Gasteiger partial charge in [0.05, 0.1) is 5.56 Å². The van der Waals surface area contributed by atoms with Crippen LogP contribution in [0.25, 0.3) is 0 Å². The Labute approximate surface area is 111 Å². The van der Waals surface area contributed by atoms with Crippen molar-refractivity contribution in [2.45, 2.75) is 13.3 Å². The van der Waals surface area contributed by atoms with Crippen LogP contribution in [0.3, 0.4) is 0 Å². The Balaban J connectivity index is 2.05. The molecule has 96 valence electrons. The monoisotopic (exact) mass is 254 g/mol. The molecular weight excluding hydrogens is 240 g/mol. The molecule has 0 spiro atoms. The van der Waals surface area contributed by atoms with E-state index in [-0.39, 0.29) is 0 Å². The van der Waals surface area contributed by atoms with Crippen LogP contribution in [0.2, 0.25) is 0 Å². The van der Waals surface area contributed by atoms with Crippen LogP contribution in [0.5, 0.6) is 0 Å². The number of aromatic nitrogens is 1. The fourth-order valence-electron chi connectivity index (χ4n) is 2.48. The van der Waals surface area contributed by atoms with Gasteiger partial charge in [0.1, 0.15) is 0 Å². The van der Waals surface area contributed by atoms with E-state index in [0.717, 1.165) is 30.0 Å². The average Bonchev–Trinajstić information content (AvgIpc) is 2.81. The number of benzene rings is 1. The molecule has 0 amide bonds. The number of hydrogen-bond acceptors (Lipinski definition) is 3. The van der Waals surface area contributed by atoms with E-state index in [1.165, 1.54) is 5.56 Å². The van der Waals surface area contributed by atoms with Crippen molar-refractivity contribution in [2.24, 2.45) is 0 Å². The SMILES string of the molecule is Cc1cc(N2CCc3ccc(C(=O)O)cc32)ccn1. The van der Waals surface area contributed by atoms with Crippen molar-refractivity contribution >= 4 is 17.3 Å². The maximum Gasteiger partial charge on any atom is 0.335 e. The van der Waals surface area contributed by atoms with E-state index >= 15 is 0 Å². The van der Waals surface area contributed by atoms with Gasteiger partial charge in [-0.3, -0.25) is 4.98 Å². The van der Waals surface area contributed by atoms with E-state index in [0.29, 0.717) is 5.56 Å². The number of nitrogens with zero attached hydrogens (tertiary/aromatic N) is 2. The molecule has 0 saturated heterocycles. The lowest BCUT2D eigenvalue weighted by atomic mass is 10.1. The minimum Gasteiger partial charge on any atom is -0.478 e. The van der Waals surface area contributed by atoms with Gasteiger partial charge in [-0.05, 0) is 43.2 Å². The van der Waals surface area contributed by atoms with E-state index in [1.54, 1.807) is 18.3 Å². The summed E-state index contributed by atoms with van der Waals surface area (Å²) in [5, 5.41) is 9.09. The molecule has 0 atom stereocenters. The molecule has 19 heavy (non-hydrogen) atoms. The van der Waals surface area contributed by atoms with Crippen LogP contribution in [0.15, 0.2) is 36.5 Å². The number of aryl methyl sites for hydroxylation is 1. The summed E-state index contributed by atoms with van der Waals surface area (Å²) in [6.45, 7) is 2.83. The van der Waals surface area contributed by atoms with Gasteiger partial charge in [0, 0.05) is 29.8 Å². The zero-order chi connectivity index (χ0) is 13.4. The summed E-state index contributed by atoms with van der Waals surface area (Å²) in [6, 6.07) is 9.30. The molecule has 2 aromatic rings. The molecule has 0 unspecified atom stereocenters. The van der Waals surface area contributed by atoms with Gasteiger partial charge in [-0.25, -0.2) is 4.79 Å². The molecule has 0 aliphatic carbocycles. The third kappa shape index (κ3) is 2.05. The van der Waals surface area contributed by atoms with E-state index in [2.05, 4.69) is 9.88 Å². The molecule has 3 rings (SSSR count). The predicted octanol–water partition coefficient (Wildman–Crippen LogP) is 2.78. The van der Waals surface area contributed by atoms with Crippen molar-refractivity contribution < 1.29 is 9.90 Å². The molecule has 1 aromatic carbocycles. The van der Waals surface area contributed by atoms with Crippen molar-refractivity contribution in [1.82, 2.24) is 4.98 Å². The van der Waals surface area contributed by atoms with Gasteiger partial charge in [-0.15, -0.1) is 0 Å². The first-order chi connectivity index (χ1) is 9.15. The topological polar surface area (TPSA) is 53.4 Å². The van der Waals surface area contributed by atoms with Gasteiger partial charge in [-0.1, -0.05) is 6.07 Å². The van der Waals surface area contributed by atoms with Crippen LogP contribution in [-0.4, -0.2) is 22.6 Å². The molecule has 2 heterocycles. The van der Waals surface area contributed by atoms with Crippen LogP contribution in [-0.2, 0) is 6.42 Å². The largest absolute Gasteiger partial charge is 0.478 e. The third-order valence-electron chi connectivity index (χ3n) is 3.42. The fourth-order valence-corrected chi connectivity index (χ4v) is 2.48. The maximum atomic E-state index is 11.1. The molecule has 1 aromatic heterocycles. The summed E-state index contributed by atoms with van der Waals surface area (Å²) in [6.07, 6.45) is 2.72. The number of carboxylic acids is 1. The summed E-state index contributed by atoms with van der Waals surface area (Å²) in [7, 11) is 0. The summed E-state index contributed by atoms with van der Waals surface area (Å²) >= 11 is 0. The van der Waals surface area contributed by atoms with Crippen LogP contribution in [0.1, 0.15) is 21.6 Å². The number of carboxylic acid groups (broad SMARTS) is 1. The molecule has 4 nitrogen and oxygen atoms in total. The number of pyridine rings is 1. The fraction of sp³-hybridized carbons (Fsp3) is 0.200. The first-order valence-electron chi connectivity index (χ1n) is 6.21. The highest BCUT2D eigenvalue weighted by Gasteiger charge is 2.21. The predicted molar refractivity (Wildman–Crippen MR) is 73.1 cm³/mol. The minimum atomic E-state index is -0.888. The Hall–Kier alpha value is -2.36. The standard InChI is InChI=1S/C15H14N2O2/c1-10-8-13(4-6-16-10)17-7-5-11-2-3-12(15(18)19)9-14(11)17/h2-4,6,8-9H,5,7H2,1H3,(H,18,19). The number of rotatable bonds is 2. The number of aromatic carboxylic acids is 1. The normalized spacial score (nSPS) is 13.4. The van der Waals surface area contributed by atoms with Gasteiger partial charge >= 0.3 is 5.97 Å². The molecule has 1 aliphatic rings. The van der Waals surface area contributed by atoms with E-state index in [1.807, 2.05) is 25.1 Å². The Morgan fingerprint density at radius 2 is 2.16 bits per heavy atom. The molecule has 0 fully saturated rings. The summed E-state index contributed by atoms with van der Waals surface area (Å²) in [5.74, 6) is -0.888. The van der Waals surface area contributed by atoms with Crippen molar-refractivity contribution in [1.29, 1.82) is 0 Å². The molecule has 4 heteroatoms. The Kier molecular flexibility index (Phi) is 2.71. The first-order valence-corrected chi connectivity index (χ1v) is 6.21. The van der Waals surface area contributed by atoms with E-state index in [9.17, 15) is 4.79 Å².